The number of aromatic hydroxyl groups is 1. The van der Waals surface area contributed by atoms with Crippen molar-refractivity contribution in [2.75, 3.05) is 80.3 Å². The zero-order valence-corrected chi connectivity index (χ0v) is 38.4. The number of nitrogens with one attached hydrogen (secondary N) is 1. The van der Waals surface area contributed by atoms with Crippen LogP contribution in [0.15, 0.2) is 78.5 Å². The van der Waals surface area contributed by atoms with Gasteiger partial charge in [0.25, 0.3) is 0 Å². The number of halogens is 1. The number of rotatable bonds is 10. The third-order valence-corrected chi connectivity index (χ3v) is 15.6. The van der Waals surface area contributed by atoms with Gasteiger partial charge in [0.15, 0.2) is 5.79 Å². The number of aliphatic hydroxyl groups is 1. The molecule has 4 aromatic rings. The van der Waals surface area contributed by atoms with Crippen LogP contribution in [-0.2, 0) is 14.3 Å². The number of ether oxygens (including phenoxy) is 2. The quantitative estimate of drug-likeness (QED) is 0.122. The Morgan fingerprint density at radius 1 is 0.882 bits per heavy atom. The number of para-hydroxylation sites is 1. The molecule has 68 heavy (non-hydrogen) atoms. The first-order valence-electron chi connectivity index (χ1n) is 24.3. The Balaban J connectivity index is 0.684. The summed E-state index contributed by atoms with van der Waals surface area (Å²) in [5.74, 6) is -0.512. The number of β-amino-alcohol motifs (C(OH)–C–C–N with tert-alkyl or cyclic N) is 1. The fourth-order valence-electron chi connectivity index (χ4n) is 11.7. The van der Waals surface area contributed by atoms with Gasteiger partial charge < -0.3 is 61.1 Å². The molecular weight excluding hydrogens is 870 g/mol. The van der Waals surface area contributed by atoms with Crippen molar-refractivity contribution in [2.45, 2.75) is 93.2 Å². The van der Waals surface area contributed by atoms with Gasteiger partial charge in [-0.25, -0.2) is 14.2 Å². The van der Waals surface area contributed by atoms with Gasteiger partial charge in [-0.15, -0.1) is 0 Å². The van der Waals surface area contributed by atoms with E-state index in [1.807, 2.05) is 24.3 Å². The maximum absolute atomic E-state index is 15.7. The highest BCUT2D eigenvalue weighted by atomic mass is 19.1. The highest BCUT2D eigenvalue weighted by Gasteiger charge is 2.45. The Bertz CT molecular complexity index is 2640. The smallest absolute Gasteiger partial charge is 0.328 e. The third-order valence-electron chi connectivity index (χ3n) is 15.6. The molecule has 17 nitrogen and oxygen atoms in total. The zero-order chi connectivity index (χ0) is 46.9. The SMILES string of the molecule is NC(N)=C(/C=C(\N)c1ccccc1O)N1CC2CCC(C1)N2c1ccc(F)c(N2CCC(O)(CN3CCC4(CC3)OCC(n3cc(C5CC5)c5cc(N6CCC(=O)NC6=O)cnc53)CO4)CC2)c1. The minimum Gasteiger partial charge on any atom is -0.507 e. The van der Waals surface area contributed by atoms with E-state index in [1.54, 1.807) is 41.4 Å². The van der Waals surface area contributed by atoms with Gasteiger partial charge in [-0.3, -0.25) is 15.0 Å². The van der Waals surface area contributed by atoms with Gasteiger partial charge in [0.2, 0.25) is 5.91 Å². The summed E-state index contributed by atoms with van der Waals surface area (Å²) in [5, 5.41) is 25.7. The van der Waals surface area contributed by atoms with Crippen molar-refractivity contribution >= 4 is 45.7 Å². The number of phenolic OH excluding ortho intramolecular Hbond substituents is 1. The number of hydrogen-bond acceptors (Lipinski definition) is 14. The van der Waals surface area contributed by atoms with E-state index in [2.05, 4.69) is 35.7 Å². The van der Waals surface area contributed by atoms with Crippen LogP contribution < -0.4 is 37.2 Å². The number of amides is 3. The topological polar surface area (TPSA) is 217 Å². The average Bonchev–Trinajstić information content (AvgIpc) is 4.05. The van der Waals surface area contributed by atoms with Crippen molar-refractivity contribution in [3.63, 3.8) is 0 Å². The summed E-state index contributed by atoms with van der Waals surface area (Å²) in [7, 11) is 0. The van der Waals surface area contributed by atoms with Crippen LogP contribution in [0.4, 0.5) is 26.2 Å². The largest absolute Gasteiger partial charge is 0.507 e. The van der Waals surface area contributed by atoms with Crippen molar-refractivity contribution in [1.29, 1.82) is 0 Å². The molecule has 6 saturated heterocycles. The van der Waals surface area contributed by atoms with Crippen LogP contribution in [-0.4, -0.2) is 131 Å². The van der Waals surface area contributed by atoms with Crippen molar-refractivity contribution in [2.24, 2.45) is 17.2 Å². The number of piperidine rings is 2. The van der Waals surface area contributed by atoms with E-state index < -0.39 is 17.4 Å². The summed E-state index contributed by atoms with van der Waals surface area (Å²) in [6, 6.07) is 14.2. The summed E-state index contributed by atoms with van der Waals surface area (Å²) in [5.41, 5.74) is 23.8. The lowest BCUT2D eigenvalue weighted by Gasteiger charge is -2.48. The number of urea groups is 1. The molecule has 6 aliphatic heterocycles. The molecular formula is C50H62FN11O6. The van der Waals surface area contributed by atoms with Crippen LogP contribution in [0.3, 0.4) is 0 Å². The Labute approximate surface area is 394 Å². The number of nitrogens with two attached hydrogens (primary N) is 3. The van der Waals surface area contributed by atoms with Crippen LogP contribution >= 0.6 is 0 Å². The fraction of sp³-hybridized carbons (Fsp3) is 0.500. The van der Waals surface area contributed by atoms with Crippen molar-refractivity contribution < 1.29 is 33.7 Å². The normalized spacial score (nSPS) is 24.5. The molecule has 2 atom stereocenters. The second-order valence-corrected chi connectivity index (χ2v) is 20.1. The second kappa shape index (κ2) is 17.5. The molecule has 1 aliphatic carbocycles. The first-order chi connectivity index (χ1) is 32.8. The summed E-state index contributed by atoms with van der Waals surface area (Å²) in [4.78, 5) is 39.8. The molecule has 1 spiro atoms. The predicted molar refractivity (Wildman–Crippen MR) is 256 cm³/mol. The summed E-state index contributed by atoms with van der Waals surface area (Å²) < 4.78 is 31.0. The van der Waals surface area contributed by atoms with E-state index >= 15 is 4.39 Å². The van der Waals surface area contributed by atoms with Crippen LogP contribution in [0.1, 0.15) is 80.9 Å². The van der Waals surface area contributed by atoms with Gasteiger partial charge in [-0.05, 0) is 92.5 Å². The van der Waals surface area contributed by atoms with Crippen LogP contribution in [0, 0.1) is 5.82 Å². The minimum atomic E-state index is -0.895. The number of fused-ring (bicyclic) bond motifs is 3. The molecule has 360 valence electrons. The van der Waals surface area contributed by atoms with E-state index in [4.69, 9.17) is 31.7 Å². The highest BCUT2D eigenvalue weighted by molar-refractivity contribution is 6.06. The van der Waals surface area contributed by atoms with E-state index in [1.165, 1.54) is 5.56 Å². The molecule has 1 saturated carbocycles. The van der Waals surface area contributed by atoms with Crippen LogP contribution in [0.25, 0.3) is 16.7 Å². The highest BCUT2D eigenvalue weighted by Crippen LogP contribution is 2.46. The lowest BCUT2D eigenvalue weighted by atomic mass is 9.89. The number of anilines is 3. The van der Waals surface area contributed by atoms with E-state index in [0.29, 0.717) is 112 Å². The summed E-state index contributed by atoms with van der Waals surface area (Å²) >= 11 is 0. The van der Waals surface area contributed by atoms with Crippen LogP contribution in [0.2, 0.25) is 0 Å². The zero-order valence-electron chi connectivity index (χ0n) is 38.4. The number of likely N-dealkylation sites (tertiary alicyclic amines) is 2. The van der Waals surface area contributed by atoms with Gasteiger partial charge in [-0.1, -0.05) is 12.1 Å². The third kappa shape index (κ3) is 8.45. The van der Waals surface area contributed by atoms with Gasteiger partial charge >= 0.3 is 6.03 Å². The van der Waals surface area contributed by atoms with E-state index in [-0.39, 0.29) is 47.8 Å². The standard InChI is InChI=1S/C50H62FN11O6/c51-40-10-9-32(62-33-7-8-34(62)26-59(25-33)43(46(53)54)23-41(52)37-3-1-2-4-44(37)63)22-42(40)58-19-12-49(66,13-20-58)30-57-17-14-50(15-18-57)67-28-36(29-68-50)61-27-39(31-5-6-31)38-21-35(24-55-47(38)61)60-16-11-45(64)56-48(60)65/h1-4,9-10,21-24,27,31,33-34,36,63,66H,5-8,11-20,25-26,28-30,52-54H2,(H,56,64,65)/b41-23-. The number of nitrogens with zero attached hydrogens (tertiary/aromatic N) is 7. The van der Waals surface area contributed by atoms with Crippen molar-refractivity contribution in [3.8, 4) is 5.75 Å². The second-order valence-electron chi connectivity index (χ2n) is 20.1. The molecule has 18 heteroatoms. The molecule has 0 radical (unpaired) electrons. The number of carbonyl (C=O) groups is 2. The van der Waals surface area contributed by atoms with E-state index in [0.717, 1.165) is 55.5 Å². The monoisotopic (exact) mass is 931 g/mol. The number of hydrogen-bond donors (Lipinski definition) is 6. The number of benzene rings is 2. The number of aromatic nitrogens is 2. The van der Waals surface area contributed by atoms with Crippen molar-refractivity contribution in [3.05, 3.63) is 95.5 Å². The molecule has 2 unspecified atom stereocenters. The number of phenols is 1. The van der Waals surface area contributed by atoms with Gasteiger partial charge in [0.1, 0.15) is 23.0 Å². The maximum Gasteiger partial charge on any atom is 0.328 e. The lowest BCUT2D eigenvalue weighted by Crippen LogP contribution is -2.56. The first kappa shape index (κ1) is 44.4. The van der Waals surface area contributed by atoms with Gasteiger partial charge in [0.05, 0.1) is 48.1 Å². The molecule has 2 aromatic carbocycles. The lowest BCUT2D eigenvalue weighted by molar-refractivity contribution is -0.296. The fourth-order valence-corrected chi connectivity index (χ4v) is 11.7. The maximum atomic E-state index is 15.7. The summed E-state index contributed by atoms with van der Waals surface area (Å²) in [6.07, 6.45) is 12.5. The van der Waals surface area contributed by atoms with E-state index in [9.17, 15) is 19.8 Å². The van der Waals surface area contributed by atoms with Crippen LogP contribution in [0.5, 0.6) is 5.75 Å². The molecule has 7 aliphatic rings. The number of pyridine rings is 1. The van der Waals surface area contributed by atoms with Gasteiger partial charge in [0, 0.05) is 112 Å². The van der Waals surface area contributed by atoms with Crippen molar-refractivity contribution in [1.82, 2.24) is 24.7 Å². The molecule has 2 aromatic heterocycles. The summed E-state index contributed by atoms with van der Waals surface area (Å²) in [6.45, 7) is 5.70. The number of imide groups is 1. The first-order valence-corrected chi connectivity index (χ1v) is 24.3. The molecule has 8 heterocycles. The molecule has 9 N–H and O–H groups in total. The Morgan fingerprint density at radius 3 is 2.28 bits per heavy atom. The Kier molecular flexibility index (Phi) is 11.4. The number of allylic oxidation sites excluding steroid dienone is 1. The molecule has 7 fully saturated rings. The predicted octanol–water partition coefficient (Wildman–Crippen LogP) is 4.36. The molecule has 2 bridgehead atoms. The Hall–Kier alpha value is -6.08. The van der Waals surface area contributed by atoms with Gasteiger partial charge in [-0.2, -0.15) is 0 Å². The Morgan fingerprint density at radius 2 is 1.60 bits per heavy atom. The molecule has 11 rings (SSSR count). The minimum absolute atomic E-state index is 0.0580. The number of carbonyl (C=O) groups excluding carboxylic acids is 2. The average molecular weight is 932 g/mol. The number of piperazine rings is 1. The molecule has 3 amide bonds.